The Kier molecular flexibility index (Phi) is 4.20. The zero-order valence-corrected chi connectivity index (χ0v) is 12.7. The van der Waals surface area contributed by atoms with Crippen molar-refractivity contribution in [3.63, 3.8) is 0 Å². The highest BCUT2D eigenvalue weighted by molar-refractivity contribution is 6.31. The topological polar surface area (TPSA) is 62.7 Å². The summed E-state index contributed by atoms with van der Waals surface area (Å²) in [5.74, 6) is 1.24. The summed E-state index contributed by atoms with van der Waals surface area (Å²) in [4.78, 5) is 4.46. The number of halogens is 1. The maximum Gasteiger partial charge on any atom is 0.249 e. The van der Waals surface area contributed by atoms with Crippen molar-refractivity contribution in [1.82, 2.24) is 15.2 Å². The van der Waals surface area contributed by atoms with Gasteiger partial charge in [0.25, 0.3) is 0 Å². The number of anilines is 3. The molecule has 2 aromatic rings. The molecule has 2 N–H and O–H groups in total. The molecule has 0 atom stereocenters. The summed E-state index contributed by atoms with van der Waals surface area (Å²) >= 11 is 6.12. The van der Waals surface area contributed by atoms with Crippen LogP contribution in [-0.2, 0) is 0 Å². The quantitative estimate of drug-likeness (QED) is 0.896. The Labute approximate surface area is 129 Å². The van der Waals surface area contributed by atoms with Crippen LogP contribution in [0.3, 0.4) is 0 Å². The summed E-state index contributed by atoms with van der Waals surface area (Å²) in [7, 11) is 0. The number of rotatable bonds is 4. The lowest BCUT2D eigenvalue weighted by Gasteiger charge is -2.13. The van der Waals surface area contributed by atoms with E-state index in [0.717, 1.165) is 17.1 Å². The molecule has 5 nitrogen and oxygen atoms in total. The molecule has 1 fully saturated rings. The zero-order valence-electron chi connectivity index (χ0n) is 11.9. The van der Waals surface area contributed by atoms with Crippen molar-refractivity contribution < 1.29 is 0 Å². The van der Waals surface area contributed by atoms with Crippen LogP contribution in [0.25, 0.3) is 0 Å². The van der Waals surface area contributed by atoms with Crippen molar-refractivity contribution in [2.24, 2.45) is 0 Å². The van der Waals surface area contributed by atoms with Crippen LogP contribution in [-0.4, -0.2) is 21.2 Å². The lowest BCUT2D eigenvalue weighted by molar-refractivity contribution is 0.747. The van der Waals surface area contributed by atoms with E-state index < -0.39 is 0 Å². The third kappa shape index (κ3) is 3.42. The van der Waals surface area contributed by atoms with Crippen LogP contribution in [0.1, 0.15) is 31.2 Å². The largest absolute Gasteiger partial charge is 0.366 e. The van der Waals surface area contributed by atoms with Crippen LogP contribution in [0.15, 0.2) is 24.4 Å². The molecule has 0 spiro atoms. The van der Waals surface area contributed by atoms with Gasteiger partial charge in [0, 0.05) is 16.8 Å². The van der Waals surface area contributed by atoms with E-state index in [1.807, 2.05) is 25.1 Å². The molecule has 0 saturated heterocycles. The van der Waals surface area contributed by atoms with Crippen LogP contribution >= 0.6 is 11.6 Å². The third-order valence-electron chi connectivity index (χ3n) is 3.78. The van der Waals surface area contributed by atoms with Crippen LogP contribution in [0.2, 0.25) is 5.02 Å². The fourth-order valence-corrected chi connectivity index (χ4v) is 2.74. The van der Waals surface area contributed by atoms with Gasteiger partial charge in [0.05, 0.1) is 6.20 Å². The van der Waals surface area contributed by atoms with Crippen LogP contribution < -0.4 is 10.6 Å². The molecule has 0 bridgehead atoms. The Balaban J connectivity index is 1.74. The molecule has 6 heteroatoms. The Morgan fingerprint density at radius 3 is 2.86 bits per heavy atom. The van der Waals surface area contributed by atoms with Gasteiger partial charge < -0.3 is 10.6 Å². The Morgan fingerprint density at radius 1 is 1.24 bits per heavy atom. The molecule has 1 heterocycles. The van der Waals surface area contributed by atoms with Crippen LogP contribution in [0.4, 0.5) is 17.5 Å². The van der Waals surface area contributed by atoms with E-state index >= 15 is 0 Å². The first-order valence-electron chi connectivity index (χ1n) is 7.21. The maximum atomic E-state index is 6.12. The van der Waals surface area contributed by atoms with E-state index in [1.54, 1.807) is 6.20 Å². The molecule has 0 unspecified atom stereocenters. The number of aromatic nitrogens is 3. The molecule has 21 heavy (non-hydrogen) atoms. The molecule has 0 amide bonds. The minimum atomic E-state index is 0.475. The minimum Gasteiger partial charge on any atom is -0.366 e. The summed E-state index contributed by atoms with van der Waals surface area (Å²) in [5, 5.41) is 15.3. The lowest BCUT2D eigenvalue weighted by Crippen LogP contribution is -2.16. The number of hydrogen-bond acceptors (Lipinski definition) is 5. The third-order valence-corrected chi connectivity index (χ3v) is 4.19. The highest BCUT2D eigenvalue weighted by Gasteiger charge is 2.15. The molecule has 1 aromatic carbocycles. The molecule has 0 aliphatic heterocycles. The van der Waals surface area contributed by atoms with Gasteiger partial charge in [-0.05, 0) is 37.5 Å². The number of hydrogen-bond donors (Lipinski definition) is 2. The SMILES string of the molecule is Cc1c(Cl)cccc1Nc1nncc(NC2CCCC2)n1. The van der Waals surface area contributed by atoms with Crippen molar-refractivity contribution in [2.45, 2.75) is 38.6 Å². The van der Waals surface area contributed by atoms with Crippen molar-refractivity contribution >= 4 is 29.1 Å². The average Bonchev–Trinajstić information content (AvgIpc) is 2.97. The van der Waals surface area contributed by atoms with Gasteiger partial charge in [0.15, 0.2) is 5.82 Å². The van der Waals surface area contributed by atoms with Crippen LogP contribution in [0, 0.1) is 6.92 Å². The van der Waals surface area contributed by atoms with Crippen molar-refractivity contribution in [3.8, 4) is 0 Å². The van der Waals surface area contributed by atoms with Gasteiger partial charge in [-0.15, -0.1) is 5.10 Å². The summed E-state index contributed by atoms with van der Waals surface area (Å²) in [6.07, 6.45) is 6.61. The maximum absolute atomic E-state index is 6.12. The minimum absolute atomic E-state index is 0.475. The van der Waals surface area contributed by atoms with Gasteiger partial charge in [-0.25, -0.2) is 0 Å². The predicted octanol–water partition coefficient (Wildman–Crippen LogP) is 3.93. The molecule has 1 aromatic heterocycles. The molecule has 3 rings (SSSR count). The summed E-state index contributed by atoms with van der Waals surface area (Å²) in [6, 6.07) is 6.20. The summed E-state index contributed by atoms with van der Waals surface area (Å²) in [6.45, 7) is 1.96. The van der Waals surface area contributed by atoms with Gasteiger partial charge in [-0.1, -0.05) is 30.5 Å². The Bertz CT molecular complexity index is 625. The van der Waals surface area contributed by atoms with E-state index in [-0.39, 0.29) is 0 Å². The number of nitrogens with one attached hydrogen (secondary N) is 2. The predicted molar refractivity (Wildman–Crippen MR) is 85.2 cm³/mol. The molecular weight excluding hydrogens is 286 g/mol. The molecule has 110 valence electrons. The fourth-order valence-electron chi connectivity index (χ4n) is 2.57. The summed E-state index contributed by atoms with van der Waals surface area (Å²) in [5.41, 5.74) is 1.86. The van der Waals surface area contributed by atoms with Crippen molar-refractivity contribution in [3.05, 3.63) is 35.0 Å². The van der Waals surface area contributed by atoms with E-state index in [4.69, 9.17) is 11.6 Å². The van der Waals surface area contributed by atoms with Gasteiger partial charge in [0.1, 0.15) is 0 Å². The highest BCUT2D eigenvalue weighted by atomic mass is 35.5. The smallest absolute Gasteiger partial charge is 0.249 e. The van der Waals surface area contributed by atoms with E-state index in [1.165, 1.54) is 25.7 Å². The van der Waals surface area contributed by atoms with Gasteiger partial charge in [-0.2, -0.15) is 10.1 Å². The lowest BCUT2D eigenvalue weighted by atomic mass is 10.2. The number of benzene rings is 1. The standard InChI is InChI=1S/C15H18ClN5/c1-10-12(16)7-4-8-13(10)19-15-20-14(9-17-21-15)18-11-5-2-3-6-11/h4,7-9,11H,2-3,5-6H2,1H3,(H2,18,19,20,21). The van der Waals surface area contributed by atoms with Crippen LogP contribution in [0.5, 0.6) is 0 Å². The molecule has 1 saturated carbocycles. The molecule has 1 aliphatic carbocycles. The number of nitrogens with zero attached hydrogens (tertiary/aromatic N) is 3. The summed E-state index contributed by atoms with van der Waals surface area (Å²) < 4.78 is 0. The van der Waals surface area contributed by atoms with Gasteiger partial charge in [0.2, 0.25) is 5.95 Å². The Morgan fingerprint density at radius 2 is 2.05 bits per heavy atom. The van der Waals surface area contributed by atoms with Crippen molar-refractivity contribution in [2.75, 3.05) is 10.6 Å². The van der Waals surface area contributed by atoms with Gasteiger partial charge in [-0.3, -0.25) is 0 Å². The Hall–Kier alpha value is -1.88. The van der Waals surface area contributed by atoms with Gasteiger partial charge >= 0.3 is 0 Å². The average molecular weight is 304 g/mol. The molecule has 0 radical (unpaired) electrons. The fraction of sp³-hybridized carbons (Fsp3) is 0.400. The zero-order chi connectivity index (χ0) is 14.7. The first-order chi connectivity index (χ1) is 10.2. The second kappa shape index (κ2) is 6.26. The second-order valence-corrected chi connectivity index (χ2v) is 5.74. The monoisotopic (exact) mass is 303 g/mol. The molecule has 1 aliphatic rings. The van der Waals surface area contributed by atoms with Crippen molar-refractivity contribution in [1.29, 1.82) is 0 Å². The second-order valence-electron chi connectivity index (χ2n) is 5.33. The highest BCUT2D eigenvalue weighted by Crippen LogP contribution is 2.25. The van der Waals surface area contributed by atoms with E-state index in [9.17, 15) is 0 Å². The molecular formula is C15H18ClN5. The normalized spacial score (nSPS) is 15.1. The first kappa shape index (κ1) is 14.1. The van der Waals surface area contributed by atoms with E-state index in [2.05, 4.69) is 25.8 Å². The van der Waals surface area contributed by atoms with E-state index in [0.29, 0.717) is 17.0 Å². The first-order valence-corrected chi connectivity index (χ1v) is 7.58.